The third kappa shape index (κ3) is 3.72. The summed E-state index contributed by atoms with van der Waals surface area (Å²) in [5, 5.41) is 0. The quantitative estimate of drug-likeness (QED) is 0.887. The molecule has 1 aliphatic heterocycles. The van der Waals surface area contributed by atoms with Crippen molar-refractivity contribution in [3.63, 3.8) is 0 Å². The van der Waals surface area contributed by atoms with E-state index in [1.54, 1.807) is 12.4 Å². The van der Waals surface area contributed by atoms with E-state index in [1.165, 1.54) is 0 Å². The Labute approximate surface area is 159 Å². The summed E-state index contributed by atoms with van der Waals surface area (Å²) in [5.41, 5.74) is 8.45. The molecule has 2 heterocycles. The minimum Gasteiger partial charge on any atom is -0.369 e. The number of likely N-dealkylation sites (tertiary alicyclic amines) is 1. The van der Waals surface area contributed by atoms with Gasteiger partial charge in [-0.25, -0.2) is 0 Å². The predicted molar refractivity (Wildman–Crippen MR) is 104 cm³/mol. The Morgan fingerprint density at radius 3 is 2.63 bits per heavy atom. The first-order valence-corrected chi connectivity index (χ1v) is 9.65. The number of primary amides is 1. The molecule has 1 atom stereocenters. The summed E-state index contributed by atoms with van der Waals surface area (Å²) in [4.78, 5) is 30.9. The number of amides is 2. The number of piperidine rings is 1. The second-order valence-corrected chi connectivity index (χ2v) is 7.90. The molecular formula is C22H25N3O2. The van der Waals surface area contributed by atoms with Gasteiger partial charge in [0.25, 0.3) is 0 Å². The van der Waals surface area contributed by atoms with Gasteiger partial charge >= 0.3 is 0 Å². The van der Waals surface area contributed by atoms with Crippen molar-refractivity contribution in [3.05, 3.63) is 54.4 Å². The van der Waals surface area contributed by atoms with E-state index in [0.717, 1.165) is 48.9 Å². The lowest BCUT2D eigenvalue weighted by Gasteiger charge is -2.41. The summed E-state index contributed by atoms with van der Waals surface area (Å²) in [6.45, 7) is 1.18. The van der Waals surface area contributed by atoms with E-state index < -0.39 is 5.41 Å². The number of hydrogen-bond acceptors (Lipinski definition) is 3. The van der Waals surface area contributed by atoms with Gasteiger partial charge < -0.3 is 10.6 Å². The summed E-state index contributed by atoms with van der Waals surface area (Å²) in [5.74, 6) is 0.0691. The maximum absolute atomic E-state index is 12.5. The first-order valence-electron chi connectivity index (χ1n) is 9.65. The largest absolute Gasteiger partial charge is 0.369 e. The molecule has 0 radical (unpaired) electrons. The van der Waals surface area contributed by atoms with Crippen molar-refractivity contribution in [2.24, 2.45) is 17.1 Å². The monoisotopic (exact) mass is 363 g/mol. The van der Waals surface area contributed by atoms with Crippen molar-refractivity contribution in [1.29, 1.82) is 0 Å². The van der Waals surface area contributed by atoms with Crippen molar-refractivity contribution >= 4 is 11.8 Å². The Morgan fingerprint density at radius 2 is 1.93 bits per heavy atom. The molecule has 2 aromatic rings. The summed E-state index contributed by atoms with van der Waals surface area (Å²) in [6, 6.07) is 12.2. The van der Waals surface area contributed by atoms with E-state index in [0.29, 0.717) is 13.0 Å². The van der Waals surface area contributed by atoms with Crippen LogP contribution >= 0.6 is 0 Å². The zero-order valence-electron chi connectivity index (χ0n) is 15.4. The fourth-order valence-electron chi connectivity index (χ4n) is 4.14. The van der Waals surface area contributed by atoms with Crippen molar-refractivity contribution in [2.45, 2.75) is 32.1 Å². The Morgan fingerprint density at radius 1 is 1.15 bits per heavy atom. The second kappa shape index (κ2) is 7.14. The van der Waals surface area contributed by atoms with Gasteiger partial charge in [0, 0.05) is 31.4 Å². The van der Waals surface area contributed by atoms with Crippen LogP contribution in [0.1, 0.15) is 31.2 Å². The Bertz CT molecular complexity index is 848. The average molecular weight is 363 g/mol. The molecule has 2 fully saturated rings. The highest BCUT2D eigenvalue weighted by Crippen LogP contribution is 2.38. The van der Waals surface area contributed by atoms with Crippen LogP contribution in [0, 0.1) is 11.3 Å². The maximum Gasteiger partial charge on any atom is 0.225 e. The third-order valence-electron chi connectivity index (χ3n) is 5.82. The van der Waals surface area contributed by atoms with Crippen LogP contribution in [0.2, 0.25) is 0 Å². The van der Waals surface area contributed by atoms with Crippen LogP contribution in [-0.4, -0.2) is 34.8 Å². The van der Waals surface area contributed by atoms with Gasteiger partial charge in [-0.15, -0.1) is 0 Å². The summed E-state index contributed by atoms with van der Waals surface area (Å²) in [7, 11) is 0. The van der Waals surface area contributed by atoms with Crippen molar-refractivity contribution in [3.8, 4) is 11.1 Å². The number of nitrogens with zero attached hydrogens (tertiary/aromatic N) is 2. The maximum atomic E-state index is 12.5. The Balaban J connectivity index is 1.58. The topological polar surface area (TPSA) is 76.3 Å². The molecule has 0 bridgehead atoms. The number of carbonyl (C=O) groups excluding carboxylic acids is 2. The predicted octanol–water partition coefficient (Wildman–Crippen LogP) is 2.80. The van der Waals surface area contributed by atoms with E-state index in [-0.39, 0.29) is 17.7 Å². The van der Waals surface area contributed by atoms with Gasteiger partial charge in [0.05, 0.1) is 5.41 Å². The molecule has 4 rings (SSSR count). The molecule has 2 aliphatic rings. The Kier molecular flexibility index (Phi) is 4.68. The lowest BCUT2D eigenvalue weighted by molar-refractivity contribution is -0.140. The van der Waals surface area contributed by atoms with Crippen molar-refractivity contribution < 1.29 is 9.59 Å². The summed E-state index contributed by atoms with van der Waals surface area (Å²) >= 11 is 0. The van der Waals surface area contributed by atoms with Crippen molar-refractivity contribution in [2.75, 3.05) is 13.1 Å². The fourth-order valence-corrected chi connectivity index (χ4v) is 4.14. The highest BCUT2D eigenvalue weighted by molar-refractivity contribution is 5.85. The van der Waals surface area contributed by atoms with Gasteiger partial charge in [0.15, 0.2) is 0 Å². The van der Waals surface area contributed by atoms with Gasteiger partial charge in [-0.05, 0) is 60.9 Å². The van der Waals surface area contributed by atoms with Crippen LogP contribution in [0.5, 0.6) is 0 Å². The first kappa shape index (κ1) is 17.7. The highest BCUT2D eigenvalue weighted by atomic mass is 16.2. The Hall–Kier alpha value is -2.69. The number of pyridine rings is 1. The van der Waals surface area contributed by atoms with E-state index >= 15 is 0 Å². The molecule has 1 aromatic heterocycles. The summed E-state index contributed by atoms with van der Waals surface area (Å²) in [6.07, 6.45) is 7.63. The number of nitrogens with two attached hydrogens (primary N) is 1. The number of hydrogen-bond donors (Lipinski definition) is 1. The molecule has 27 heavy (non-hydrogen) atoms. The molecule has 1 aliphatic carbocycles. The average Bonchev–Trinajstić information content (AvgIpc) is 3.54. The molecule has 140 valence electrons. The minimum absolute atomic E-state index is 0.170. The van der Waals surface area contributed by atoms with Gasteiger partial charge in [-0.2, -0.15) is 0 Å². The first-order chi connectivity index (χ1) is 13.1. The van der Waals surface area contributed by atoms with Crippen LogP contribution in [0.15, 0.2) is 48.8 Å². The fraction of sp³-hybridized carbons (Fsp3) is 0.409. The zero-order valence-corrected chi connectivity index (χ0v) is 15.4. The van der Waals surface area contributed by atoms with E-state index in [4.69, 9.17) is 5.73 Å². The zero-order chi connectivity index (χ0) is 18.9. The van der Waals surface area contributed by atoms with E-state index in [9.17, 15) is 9.59 Å². The van der Waals surface area contributed by atoms with Crippen LogP contribution in [0.3, 0.4) is 0 Å². The molecule has 0 spiro atoms. The van der Waals surface area contributed by atoms with Crippen LogP contribution in [0.25, 0.3) is 11.1 Å². The highest BCUT2D eigenvalue weighted by Gasteiger charge is 2.44. The molecule has 1 aromatic carbocycles. The van der Waals surface area contributed by atoms with Gasteiger partial charge in [0.2, 0.25) is 11.8 Å². The molecule has 2 amide bonds. The number of benzene rings is 1. The molecule has 2 N–H and O–H groups in total. The second-order valence-electron chi connectivity index (χ2n) is 7.90. The van der Waals surface area contributed by atoms with Gasteiger partial charge in [-0.3, -0.25) is 14.6 Å². The third-order valence-corrected chi connectivity index (χ3v) is 5.82. The molecule has 1 saturated heterocycles. The number of carbonyl (C=O) groups is 2. The summed E-state index contributed by atoms with van der Waals surface area (Å²) < 4.78 is 0. The number of rotatable bonds is 5. The molecule has 5 nitrogen and oxygen atoms in total. The molecule has 0 unspecified atom stereocenters. The van der Waals surface area contributed by atoms with Crippen molar-refractivity contribution in [1.82, 2.24) is 9.88 Å². The van der Waals surface area contributed by atoms with Crippen LogP contribution in [-0.2, 0) is 16.0 Å². The van der Waals surface area contributed by atoms with Gasteiger partial charge in [-0.1, -0.05) is 24.3 Å². The number of aromatic nitrogens is 1. The normalized spacial score (nSPS) is 22.4. The van der Waals surface area contributed by atoms with Crippen LogP contribution < -0.4 is 5.73 Å². The van der Waals surface area contributed by atoms with Crippen LogP contribution in [0.4, 0.5) is 0 Å². The molecule has 5 heteroatoms. The van der Waals surface area contributed by atoms with Gasteiger partial charge in [0.1, 0.15) is 0 Å². The smallest absolute Gasteiger partial charge is 0.225 e. The van der Waals surface area contributed by atoms with E-state index in [1.807, 2.05) is 29.2 Å². The SMILES string of the molecule is NC(=O)[C@@]1(Cc2cccc(-c3ccncc3)c2)CCCN(C(=O)C2CC2)C1. The minimum atomic E-state index is -0.681. The lowest BCUT2D eigenvalue weighted by atomic mass is 9.74. The molecular weight excluding hydrogens is 338 g/mol. The van der Waals surface area contributed by atoms with E-state index in [2.05, 4.69) is 17.1 Å². The standard InChI is InChI=1S/C22H25N3O2/c23-21(27)22(9-2-12-25(15-22)20(26)18-5-6-18)14-16-3-1-4-19(13-16)17-7-10-24-11-8-17/h1,3-4,7-8,10-11,13,18H,2,5-6,9,12,14-15H2,(H2,23,27)/t22-/m1/s1. The molecule has 1 saturated carbocycles. The lowest BCUT2D eigenvalue weighted by Crippen LogP contribution is -2.53.